The summed E-state index contributed by atoms with van der Waals surface area (Å²) in [6.45, 7) is 4.45. The van der Waals surface area contributed by atoms with Gasteiger partial charge in [0.05, 0.1) is 24.2 Å². The fourth-order valence-corrected chi connectivity index (χ4v) is 2.01. The normalized spacial score (nSPS) is 11.7. The standard InChI is InChI=1S/C14H21FN4O/c1-10-8-13-12(9-11(10)15)17-14(16)19(13)5-7-20-6-4-18(2)3/h8-9H,4-7H2,1-3H3,(H2,16,17). The first-order valence-electron chi connectivity index (χ1n) is 6.63. The van der Waals surface area contributed by atoms with Crippen LogP contribution in [0.5, 0.6) is 0 Å². The zero-order chi connectivity index (χ0) is 14.7. The molecule has 0 aliphatic heterocycles. The van der Waals surface area contributed by atoms with E-state index in [2.05, 4.69) is 9.88 Å². The van der Waals surface area contributed by atoms with Gasteiger partial charge in [0.15, 0.2) is 0 Å². The maximum atomic E-state index is 13.5. The zero-order valence-electron chi connectivity index (χ0n) is 12.2. The van der Waals surface area contributed by atoms with Crippen LogP contribution in [0, 0.1) is 12.7 Å². The third-order valence-corrected chi connectivity index (χ3v) is 3.20. The second kappa shape index (κ2) is 6.19. The summed E-state index contributed by atoms with van der Waals surface area (Å²) in [6, 6.07) is 3.19. The van der Waals surface area contributed by atoms with Crippen LogP contribution >= 0.6 is 0 Å². The molecule has 110 valence electrons. The lowest BCUT2D eigenvalue weighted by atomic mass is 10.2. The van der Waals surface area contributed by atoms with E-state index in [1.807, 2.05) is 18.7 Å². The van der Waals surface area contributed by atoms with Crippen LogP contribution in [-0.2, 0) is 11.3 Å². The Morgan fingerprint density at radius 1 is 1.35 bits per heavy atom. The summed E-state index contributed by atoms with van der Waals surface area (Å²) < 4.78 is 20.9. The molecule has 0 radical (unpaired) electrons. The largest absolute Gasteiger partial charge is 0.378 e. The van der Waals surface area contributed by atoms with E-state index >= 15 is 0 Å². The van der Waals surface area contributed by atoms with Gasteiger partial charge in [0.1, 0.15) is 5.82 Å². The lowest BCUT2D eigenvalue weighted by Gasteiger charge is -2.11. The van der Waals surface area contributed by atoms with Gasteiger partial charge in [-0.05, 0) is 32.6 Å². The first-order valence-corrected chi connectivity index (χ1v) is 6.63. The van der Waals surface area contributed by atoms with Crippen LogP contribution in [-0.4, -0.2) is 48.3 Å². The number of rotatable bonds is 6. The number of aryl methyl sites for hydroxylation is 1. The minimum Gasteiger partial charge on any atom is -0.378 e. The molecule has 0 spiro atoms. The predicted molar refractivity (Wildman–Crippen MR) is 78.2 cm³/mol. The molecule has 0 saturated heterocycles. The number of fused-ring (bicyclic) bond motifs is 1. The van der Waals surface area contributed by atoms with Gasteiger partial charge >= 0.3 is 0 Å². The minimum absolute atomic E-state index is 0.260. The molecule has 0 unspecified atom stereocenters. The summed E-state index contributed by atoms with van der Waals surface area (Å²) in [5.74, 6) is 0.130. The van der Waals surface area contributed by atoms with E-state index in [1.54, 1.807) is 13.0 Å². The van der Waals surface area contributed by atoms with Crippen molar-refractivity contribution in [2.24, 2.45) is 0 Å². The molecule has 0 atom stereocenters. The molecule has 5 nitrogen and oxygen atoms in total. The number of nitrogens with zero attached hydrogens (tertiary/aromatic N) is 3. The topological polar surface area (TPSA) is 56.3 Å². The van der Waals surface area contributed by atoms with Crippen molar-refractivity contribution >= 4 is 17.0 Å². The van der Waals surface area contributed by atoms with Crippen LogP contribution < -0.4 is 5.73 Å². The first-order chi connectivity index (χ1) is 9.49. The molecule has 0 amide bonds. The monoisotopic (exact) mass is 280 g/mol. The van der Waals surface area contributed by atoms with Crippen LogP contribution in [0.2, 0.25) is 0 Å². The van der Waals surface area contributed by atoms with E-state index in [9.17, 15) is 4.39 Å². The Hall–Kier alpha value is -1.66. The number of halogens is 1. The van der Waals surface area contributed by atoms with Crippen LogP contribution in [0.25, 0.3) is 11.0 Å². The van der Waals surface area contributed by atoms with Crippen molar-refractivity contribution < 1.29 is 9.13 Å². The molecular formula is C14H21FN4O. The van der Waals surface area contributed by atoms with E-state index in [0.29, 0.717) is 36.8 Å². The molecule has 20 heavy (non-hydrogen) atoms. The summed E-state index contributed by atoms with van der Waals surface area (Å²) in [7, 11) is 4.00. The van der Waals surface area contributed by atoms with E-state index in [0.717, 1.165) is 12.1 Å². The molecule has 0 aliphatic carbocycles. The second-order valence-corrected chi connectivity index (χ2v) is 5.13. The second-order valence-electron chi connectivity index (χ2n) is 5.13. The Morgan fingerprint density at radius 3 is 2.80 bits per heavy atom. The van der Waals surface area contributed by atoms with Crippen molar-refractivity contribution in [3.05, 3.63) is 23.5 Å². The van der Waals surface area contributed by atoms with E-state index in [1.165, 1.54) is 6.07 Å². The number of nitrogens with two attached hydrogens (primary N) is 1. The highest BCUT2D eigenvalue weighted by atomic mass is 19.1. The molecule has 0 fully saturated rings. The summed E-state index contributed by atoms with van der Waals surface area (Å²) in [5.41, 5.74) is 7.90. The number of likely N-dealkylation sites (N-methyl/N-ethyl adjacent to an activating group) is 1. The molecular weight excluding hydrogens is 259 g/mol. The molecule has 0 saturated carbocycles. The van der Waals surface area contributed by atoms with Crippen molar-refractivity contribution in [1.82, 2.24) is 14.5 Å². The van der Waals surface area contributed by atoms with E-state index < -0.39 is 0 Å². The summed E-state index contributed by atoms with van der Waals surface area (Å²) in [5, 5.41) is 0. The number of hydrogen-bond acceptors (Lipinski definition) is 4. The highest BCUT2D eigenvalue weighted by Crippen LogP contribution is 2.21. The number of aromatic nitrogens is 2. The fraction of sp³-hybridized carbons (Fsp3) is 0.500. The third kappa shape index (κ3) is 3.26. The number of nitrogen functional groups attached to an aromatic ring is 1. The maximum absolute atomic E-state index is 13.5. The Bertz CT molecular complexity index is 594. The van der Waals surface area contributed by atoms with Gasteiger partial charge in [0, 0.05) is 19.2 Å². The molecule has 2 N–H and O–H groups in total. The van der Waals surface area contributed by atoms with Gasteiger partial charge in [-0.15, -0.1) is 0 Å². The van der Waals surface area contributed by atoms with Gasteiger partial charge < -0.3 is 19.9 Å². The third-order valence-electron chi connectivity index (χ3n) is 3.20. The Labute approximate surface area is 118 Å². The predicted octanol–water partition coefficient (Wildman–Crippen LogP) is 1.64. The number of hydrogen-bond donors (Lipinski definition) is 1. The van der Waals surface area contributed by atoms with Crippen molar-refractivity contribution in [3.63, 3.8) is 0 Å². The Morgan fingerprint density at radius 2 is 2.10 bits per heavy atom. The lowest BCUT2D eigenvalue weighted by molar-refractivity contribution is 0.112. The summed E-state index contributed by atoms with van der Waals surface area (Å²) in [4.78, 5) is 6.24. The summed E-state index contributed by atoms with van der Waals surface area (Å²) in [6.07, 6.45) is 0. The lowest BCUT2D eigenvalue weighted by Crippen LogP contribution is -2.19. The van der Waals surface area contributed by atoms with Crippen molar-refractivity contribution in [2.45, 2.75) is 13.5 Å². The highest BCUT2D eigenvalue weighted by molar-refractivity contribution is 5.79. The van der Waals surface area contributed by atoms with Gasteiger partial charge in [-0.25, -0.2) is 9.37 Å². The van der Waals surface area contributed by atoms with Gasteiger partial charge in [-0.2, -0.15) is 0 Å². The smallest absolute Gasteiger partial charge is 0.201 e. The van der Waals surface area contributed by atoms with Crippen LogP contribution in [0.4, 0.5) is 10.3 Å². The van der Waals surface area contributed by atoms with Crippen LogP contribution in [0.15, 0.2) is 12.1 Å². The number of benzene rings is 1. The number of ether oxygens (including phenoxy) is 1. The number of imidazole rings is 1. The molecule has 0 aliphatic rings. The van der Waals surface area contributed by atoms with Crippen molar-refractivity contribution in [3.8, 4) is 0 Å². The average Bonchev–Trinajstić information content (AvgIpc) is 2.65. The Balaban J connectivity index is 2.06. The molecule has 1 aromatic carbocycles. The first kappa shape index (κ1) is 14.7. The van der Waals surface area contributed by atoms with Crippen LogP contribution in [0.1, 0.15) is 5.56 Å². The molecule has 1 heterocycles. The fourth-order valence-electron chi connectivity index (χ4n) is 2.01. The molecule has 1 aromatic heterocycles. The quantitative estimate of drug-likeness (QED) is 0.817. The van der Waals surface area contributed by atoms with Gasteiger partial charge in [-0.1, -0.05) is 0 Å². The van der Waals surface area contributed by atoms with E-state index in [4.69, 9.17) is 10.5 Å². The Kier molecular flexibility index (Phi) is 4.57. The molecule has 2 aromatic rings. The van der Waals surface area contributed by atoms with Gasteiger partial charge in [-0.3, -0.25) is 0 Å². The molecule has 0 bridgehead atoms. The zero-order valence-corrected chi connectivity index (χ0v) is 12.2. The maximum Gasteiger partial charge on any atom is 0.201 e. The SMILES string of the molecule is Cc1cc2c(cc1F)nc(N)n2CCOCCN(C)C. The van der Waals surface area contributed by atoms with Gasteiger partial charge in [0.25, 0.3) is 0 Å². The van der Waals surface area contributed by atoms with Crippen molar-refractivity contribution in [2.75, 3.05) is 39.6 Å². The number of anilines is 1. The van der Waals surface area contributed by atoms with Crippen molar-refractivity contribution in [1.29, 1.82) is 0 Å². The highest BCUT2D eigenvalue weighted by Gasteiger charge is 2.10. The summed E-state index contributed by atoms with van der Waals surface area (Å²) >= 11 is 0. The van der Waals surface area contributed by atoms with Crippen LogP contribution in [0.3, 0.4) is 0 Å². The minimum atomic E-state index is -0.260. The molecule has 2 rings (SSSR count). The molecule has 6 heteroatoms. The average molecular weight is 280 g/mol. The van der Waals surface area contributed by atoms with E-state index in [-0.39, 0.29) is 5.82 Å². The van der Waals surface area contributed by atoms with Gasteiger partial charge in [0.2, 0.25) is 5.95 Å².